The van der Waals surface area contributed by atoms with Crippen molar-refractivity contribution in [3.8, 4) is 0 Å². The van der Waals surface area contributed by atoms with E-state index >= 15 is 0 Å². The molecule has 152 valence electrons. The molecular formula is C19H37IN4O2. The number of nitrogens with zero attached hydrogens (tertiary/aromatic N) is 1. The lowest BCUT2D eigenvalue weighted by Crippen LogP contribution is -2.48. The zero-order chi connectivity index (χ0) is 18.3. The van der Waals surface area contributed by atoms with Crippen LogP contribution in [-0.2, 0) is 4.74 Å². The number of alkyl carbamates (subject to hydrolysis) is 1. The van der Waals surface area contributed by atoms with Crippen molar-refractivity contribution in [2.45, 2.75) is 89.8 Å². The smallest absolute Gasteiger partial charge is 0.407 e. The predicted octanol–water partition coefficient (Wildman–Crippen LogP) is 3.80. The zero-order valence-electron chi connectivity index (χ0n) is 16.8. The highest BCUT2D eigenvalue weighted by molar-refractivity contribution is 14.0. The van der Waals surface area contributed by atoms with Crippen LogP contribution in [0.2, 0.25) is 0 Å². The van der Waals surface area contributed by atoms with Gasteiger partial charge in [-0.25, -0.2) is 4.79 Å². The lowest BCUT2D eigenvalue weighted by atomic mass is 9.91. The molecular weight excluding hydrogens is 443 g/mol. The second kappa shape index (κ2) is 11.2. The molecule has 6 nitrogen and oxygen atoms in total. The molecule has 2 aliphatic rings. The number of aliphatic imine (C=N–C) groups is 1. The second-order valence-corrected chi connectivity index (χ2v) is 8.42. The molecule has 7 heteroatoms. The number of halogens is 1. The lowest BCUT2D eigenvalue weighted by Gasteiger charge is -2.31. The topological polar surface area (TPSA) is 74.8 Å². The summed E-state index contributed by atoms with van der Waals surface area (Å²) >= 11 is 0. The quantitative estimate of drug-likeness (QED) is 0.234. The Balaban J connectivity index is 0.00000338. The van der Waals surface area contributed by atoms with E-state index in [1.807, 2.05) is 27.8 Å². The molecule has 3 N–H and O–H groups in total. The van der Waals surface area contributed by atoms with E-state index in [4.69, 9.17) is 4.74 Å². The maximum Gasteiger partial charge on any atom is 0.407 e. The minimum absolute atomic E-state index is 0. The highest BCUT2D eigenvalue weighted by Gasteiger charge is 2.25. The van der Waals surface area contributed by atoms with E-state index < -0.39 is 5.60 Å². The summed E-state index contributed by atoms with van der Waals surface area (Å²) in [6.07, 6.45) is 9.10. The SMILES string of the molecule is CN=C(NCCCC1CC1)NC1CCC(NC(=O)OC(C)(C)C)CC1.I. The molecule has 0 heterocycles. The summed E-state index contributed by atoms with van der Waals surface area (Å²) in [5.41, 5.74) is -0.444. The van der Waals surface area contributed by atoms with Gasteiger partial charge in [-0.15, -0.1) is 24.0 Å². The molecule has 0 unspecified atom stereocenters. The van der Waals surface area contributed by atoms with Crippen LogP contribution < -0.4 is 16.0 Å². The van der Waals surface area contributed by atoms with Gasteiger partial charge in [0.2, 0.25) is 0 Å². The summed E-state index contributed by atoms with van der Waals surface area (Å²) in [5, 5.41) is 9.92. The van der Waals surface area contributed by atoms with Gasteiger partial charge >= 0.3 is 6.09 Å². The Morgan fingerprint density at radius 1 is 1.04 bits per heavy atom. The van der Waals surface area contributed by atoms with Crippen LogP contribution in [-0.4, -0.2) is 43.3 Å². The van der Waals surface area contributed by atoms with Crippen LogP contribution in [0, 0.1) is 5.92 Å². The van der Waals surface area contributed by atoms with E-state index in [1.165, 1.54) is 25.7 Å². The molecule has 0 bridgehead atoms. The van der Waals surface area contributed by atoms with Crippen molar-refractivity contribution in [1.82, 2.24) is 16.0 Å². The Morgan fingerprint density at radius 2 is 1.62 bits per heavy atom. The van der Waals surface area contributed by atoms with Crippen molar-refractivity contribution >= 4 is 36.0 Å². The second-order valence-electron chi connectivity index (χ2n) is 8.42. The van der Waals surface area contributed by atoms with Gasteiger partial charge < -0.3 is 20.7 Å². The minimum atomic E-state index is -0.444. The van der Waals surface area contributed by atoms with E-state index in [-0.39, 0.29) is 36.1 Å². The van der Waals surface area contributed by atoms with Gasteiger partial charge in [-0.2, -0.15) is 0 Å². The number of rotatable bonds is 6. The molecule has 0 radical (unpaired) electrons. The molecule has 0 aromatic heterocycles. The fourth-order valence-corrected chi connectivity index (χ4v) is 3.25. The molecule has 2 fully saturated rings. The first-order valence-electron chi connectivity index (χ1n) is 9.82. The van der Waals surface area contributed by atoms with Crippen LogP contribution >= 0.6 is 24.0 Å². The van der Waals surface area contributed by atoms with Gasteiger partial charge in [0.25, 0.3) is 0 Å². The number of hydrogen-bond donors (Lipinski definition) is 3. The van der Waals surface area contributed by atoms with E-state index in [2.05, 4.69) is 20.9 Å². The van der Waals surface area contributed by atoms with E-state index in [0.717, 1.165) is 44.1 Å². The molecule has 2 aliphatic carbocycles. The Labute approximate surface area is 175 Å². The van der Waals surface area contributed by atoms with Gasteiger partial charge in [0.1, 0.15) is 5.60 Å². The monoisotopic (exact) mass is 480 g/mol. The van der Waals surface area contributed by atoms with Crippen molar-refractivity contribution in [3.05, 3.63) is 0 Å². The first-order chi connectivity index (χ1) is 11.9. The third-order valence-corrected chi connectivity index (χ3v) is 4.79. The number of carbonyl (C=O) groups excluding carboxylic acids is 1. The van der Waals surface area contributed by atoms with Crippen LogP contribution in [0.3, 0.4) is 0 Å². The van der Waals surface area contributed by atoms with Crippen LogP contribution in [0.4, 0.5) is 4.79 Å². The number of nitrogens with one attached hydrogen (secondary N) is 3. The lowest BCUT2D eigenvalue weighted by molar-refractivity contribution is 0.0490. The predicted molar refractivity (Wildman–Crippen MR) is 117 cm³/mol. The summed E-state index contributed by atoms with van der Waals surface area (Å²) in [5.74, 6) is 1.89. The summed E-state index contributed by atoms with van der Waals surface area (Å²) in [4.78, 5) is 16.2. The summed E-state index contributed by atoms with van der Waals surface area (Å²) in [6.45, 7) is 6.65. The summed E-state index contributed by atoms with van der Waals surface area (Å²) in [6, 6.07) is 0.632. The van der Waals surface area contributed by atoms with Crippen molar-refractivity contribution < 1.29 is 9.53 Å². The molecule has 0 aromatic rings. The van der Waals surface area contributed by atoms with Crippen LogP contribution in [0.25, 0.3) is 0 Å². The standard InChI is InChI=1S/C19H36N4O2.HI/c1-19(2,3)25-18(24)23-16-11-9-15(10-12-16)22-17(20-4)21-13-5-6-14-7-8-14;/h14-16H,5-13H2,1-4H3,(H,23,24)(H2,20,21,22);1H. The minimum Gasteiger partial charge on any atom is -0.444 e. The summed E-state index contributed by atoms with van der Waals surface area (Å²) in [7, 11) is 1.83. The maximum atomic E-state index is 11.9. The van der Waals surface area contributed by atoms with Gasteiger partial charge in [0.15, 0.2) is 5.96 Å². The largest absolute Gasteiger partial charge is 0.444 e. The fraction of sp³-hybridized carbons (Fsp3) is 0.895. The molecule has 0 saturated heterocycles. The molecule has 0 aliphatic heterocycles. The highest BCUT2D eigenvalue weighted by Crippen LogP contribution is 2.33. The van der Waals surface area contributed by atoms with Crippen molar-refractivity contribution in [3.63, 3.8) is 0 Å². The number of amides is 1. The first kappa shape index (κ1) is 23.3. The molecule has 0 spiro atoms. The van der Waals surface area contributed by atoms with Gasteiger partial charge in [0, 0.05) is 25.7 Å². The van der Waals surface area contributed by atoms with E-state index in [1.54, 1.807) is 0 Å². The molecule has 1 amide bonds. The third-order valence-electron chi connectivity index (χ3n) is 4.79. The fourth-order valence-electron chi connectivity index (χ4n) is 3.25. The van der Waals surface area contributed by atoms with Gasteiger partial charge in [-0.3, -0.25) is 4.99 Å². The molecule has 2 rings (SSSR count). The Kier molecular flexibility index (Phi) is 10.0. The van der Waals surface area contributed by atoms with Gasteiger partial charge in [0.05, 0.1) is 0 Å². The number of ether oxygens (including phenoxy) is 1. The highest BCUT2D eigenvalue weighted by atomic mass is 127. The van der Waals surface area contributed by atoms with Crippen molar-refractivity contribution in [2.75, 3.05) is 13.6 Å². The summed E-state index contributed by atoms with van der Waals surface area (Å²) < 4.78 is 5.33. The molecule has 0 aromatic carbocycles. The van der Waals surface area contributed by atoms with Crippen LogP contribution in [0.15, 0.2) is 4.99 Å². The normalized spacial score (nSPS) is 23.6. The number of guanidine groups is 1. The van der Waals surface area contributed by atoms with Crippen LogP contribution in [0.1, 0.15) is 72.1 Å². The third kappa shape index (κ3) is 9.83. The average Bonchev–Trinajstić information content (AvgIpc) is 3.34. The Hall–Kier alpha value is -0.730. The molecule has 2 saturated carbocycles. The van der Waals surface area contributed by atoms with E-state index in [9.17, 15) is 4.79 Å². The average molecular weight is 480 g/mol. The van der Waals surface area contributed by atoms with Gasteiger partial charge in [-0.1, -0.05) is 12.8 Å². The molecule has 26 heavy (non-hydrogen) atoms. The van der Waals surface area contributed by atoms with Crippen molar-refractivity contribution in [1.29, 1.82) is 0 Å². The Bertz CT molecular complexity index is 453. The van der Waals surface area contributed by atoms with E-state index in [0.29, 0.717) is 6.04 Å². The van der Waals surface area contributed by atoms with Gasteiger partial charge in [-0.05, 0) is 65.2 Å². The van der Waals surface area contributed by atoms with Crippen LogP contribution in [0.5, 0.6) is 0 Å². The van der Waals surface area contributed by atoms with Crippen molar-refractivity contribution in [2.24, 2.45) is 10.9 Å². The first-order valence-corrected chi connectivity index (χ1v) is 9.82. The maximum absolute atomic E-state index is 11.9. The Morgan fingerprint density at radius 3 is 2.12 bits per heavy atom. The molecule has 0 atom stereocenters. The zero-order valence-corrected chi connectivity index (χ0v) is 19.1. The number of carbonyl (C=O) groups is 1. The number of hydrogen-bond acceptors (Lipinski definition) is 3.